The highest BCUT2D eigenvalue weighted by Crippen LogP contribution is 2.47. The van der Waals surface area contributed by atoms with Crippen molar-refractivity contribution in [1.29, 1.82) is 0 Å². The van der Waals surface area contributed by atoms with Crippen LogP contribution in [-0.2, 0) is 4.74 Å². The molecule has 1 unspecified atom stereocenters. The van der Waals surface area contributed by atoms with Crippen molar-refractivity contribution in [2.24, 2.45) is 5.92 Å². The van der Waals surface area contributed by atoms with E-state index in [0.29, 0.717) is 18.5 Å². The van der Waals surface area contributed by atoms with Gasteiger partial charge in [0, 0.05) is 12.7 Å². The molecule has 27 heavy (non-hydrogen) atoms. The lowest BCUT2D eigenvalue weighted by Crippen LogP contribution is -2.41. The van der Waals surface area contributed by atoms with Crippen LogP contribution in [0.15, 0.2) is 18.5 Å². The van der Waals surface area contributed by atoms with E-state index in [1.54, 1.807) is 11.1 Å². The van der Waals surface area contributed by atoms with E-state index in [2.05, 4.69) is 18.8 Å². The SMILES string of the molecule is CC(C)(C)OC(=O)N1C[C@H](CC(C)(C)[Si](C)(C)O)CC1c1cncc(F)c1. The van der Waals surface area contributed by atoms with E-state index in [0.717, 1.165) is 12.6 Å². The average molecular weight is 397 g/mol. The number of nitrogens with zero attached hydrogens (tertiary/aromatic N) is 2. The summed E-state index contributed by atoms with van der Waals surface area (Å²) in [5.41, 5.74) is 0.0841. The molecule has 7 heteroatoms. The van der Waals surface area contributed by atoms with Crippen LogP contribution in [0.4, 0.5) is 9.18 Å². The highest BCUT2D eigenvalue weighted by atomic mass is 28.4. The molecule has 152 valence electrons. The van der Waals surface area contributed by atoms with Crippen LogP contribution in [0.3, 0.4) is 0 Å². The molecule has 1 fully saturated rings. The number of hydrogen-bond donors (Lipinski definition) is 1. The van der Waals surface area contributed by atoms with Gasteiger partial charge in [0.2, 0.25) is 0 Å². The van der Waals surface area contributed by atoms with Gasteiger partial charge in [-0.25, -0.2) is 9.18 Å². The Balaban J connectivity index is 2.27. The Morgan fingerprint density at radius 3 is 2.48 bits per heavy atom. The molecule has 1 aromatic rings. The number of halogens is 1. The number of rotatable bonds is 4. The second-order valence-electron chi connectivity index (χ2n) is 9.83. The number of pyridine rings is 1. The summed E-state index contributed by atoms with van der Waals surface area (Å²) in [6.07, 6.45) is 3.90. The van der Waals surface area contributed by atoms with Crippen LogP contribution in [0.25, 0.3) is 0 Å². The summed E-state index contributed by atoms with van der Waals surface area (Å²) in [6.45, 7) is 14.1. The van der Waals surface area contributed by atoms with Gasteiger partial charge in [0.05, 0.1) is 12.2 Å². The van der Waals surface area contributed by atoms with E-state index in [4.69, 9.17) is 4.74 Å². The predicted octanol–water partition coefficient (Wildman–Crippen LogP) is 4.89. The minimum atomic E-state index is -2.36. The minimum absolute atomic E-state index is 0.188. The molecule has 0 bridgehead atoms. The Morgan fingerprint density at radius 2 is 1.96 bits per heavy atom. The first-order chi connectivity index (χ1) is 12.2. The van der Waals surface area contributed by atoms with Gasteiger partial charge >= 0.3 is 6.09 Å². The van der Waals surface area contributed by atoms with Gasteiger partial charge in [-0.05, 0) is 69.3 Å². The van der Waals surface area contributed by atoms with E-state index in [1.807, 2.05) is 33.9 Å². The number of carbonyl (C=O) groups excluding carboxylic acids is 1. The zero-order chi connectivity index (χ0) is 20.6. The number of amides is 1. The standard InChI is InChI=1S/C20H33FN2O3Si/c1-19(2,3)26-18(24)23-13-14(10-20(4,5)27(6,7)25)8-17(23)15-9-16(21)12-22-11-15/h9,11-12,14,17,25H,8,10,13H2,1-7H3/t14-,17?/m0/s1. The lowest BCUT2D eigenvalue weighted by Gasteiger charge is -2.37. The molecule has 0 spiro atoms. The largest absolute Gasteiger partial charge is 0.444 e. The van der Waals surface area contributed by atoms with Crippen molar-refractivity contribution in [2.75, 3.05) is 6.54 Å². The Hall–Kier alpha value is -1.47. The molecule has 1 saturated heterocycles. The Bertz CT molecular complexity index is 683. The first kappa shape index (κ1) is 21.8. The fourth-order valence-corrected chi connectivity index (χ4v) is 4.28. The molecule has 0 aromatic carbocycles. The summed E-state index contributed by atoms with van der Waals surface area (Å²) < 4.78 is 19.3. The summed E-state index contributed by atoms with van der Waals surface area (Å²) in [4.78, 5) is 29.1. The molecule has 0 radical (unpaired) electrons. The highest BCUT2D eigenvalue weighted by molar-refractivity contribution is 6.72. The number of hydrogen-bond acceptors (Lipinski definition) is 4. The Labute approximate surface area is 163 Å². The fraction of sp³-hybridized carbons (Fsp3) is 0.700. The molecule has 1 N–H and O–H groups in total. The number of ether oxygens (including phenoxy) is 1. The third-order valence-electron chi connectivity index (χ3n) is 5.58. The van der Waals surface area contributed by atoms with E-state index in [1.165, 1.54) is 6.07 Å². The fourth-order valence-electron chi connectivity index (χ4n) is 3.49. The monoisotopic (exact) mass is 396 g/mol. The van der Waals surface area contributed by atoms with Crippen LogP contribution < -0.4 is 0 Å². The maximum Gasteiger partial charge on any atom is 0.410 e. The molecular formula is C20H33FN2O3Si. The quantitative estimate of drug-likeness (QED) is 0.736. The van der Waals surface area contributed by atoms with Gasteiger partial charge in [0.1, 0.15) is 11.4 Å². The molecular weight excluding hydrogens is 363 g/mol. The van der Waals surface area contributed by atoms with Crippen LogP contribution in [0, 0.1) is 11.7 Å². The Kier molecular flexibility index (Phi) is 6.07. The first-order valence-corrected chi connectivity index (χ1v) is 12.5. The van der Waals surface area contributed by atoms with Gasteiger partial charge in [-0.1, -0.05) is 13.8 Å². The van der Waals surface area contributed by atoms with Crippen molar-refractivity contribution in [2.45, 2.75) is 77.2 Å². The lowest BCUT2D eigenvalue weighted by molar-refractivity contribution is 0.0218. The summed E-state index contributed by atoms with van der Waals surface area (Å²) >= 11 is 0. The number of aromatic nitrogens is 1. The van der Waals surface area contributed by atoms with E-state index >= 15 is 0 Å². The summed E-state index contributed by atoms with van der Waals surface area (Å²) in [5, 5.41) is -0.188. The third-order valence-corrected chi connectivity index (χ3v) is 9.10. The second kappa shape index (κ2) is 7.51. The van der Waals surface area contributed by atoms with Gasteiger partial charge in [0.25, 0.3) is 0 Å². The lowest BCUT2D eigenvalue weighted by atomic mass is 9.92. The van der Waals surface area contributed by atoms with Crippen LogP contribution in [0.5, 0.6) is 0 Å². The predicted molar refractivity (Wildman–Crippen MR) is 106 cm³/mol. The number of carbonyl (C=O) groups is 1. The molecule has 2 heterocycles. The molecule has 5 nitrogen and oxygen atoms in total. The van der Waals surface area contributed by atoms with Crippen LogP contribution in [0.2, 0.25) is 18.1 Å². The maximum absolute atomic E-state index is 13.7. The summed E-state index contributed by atoms with van der Waals surface area (Å²) in [6, 6.07) is 1.17. The van der Waals surface area contributed by atoms with Crippen molar-refractivity contribution < 1.29 is 18.7 Å². The van der Waals surface area contributed by atoms with Crippen molar-refractivity contribution in [3.8, 4) is 0 Å². The van der Waals surface area contributed by atoms with Crippen molar-refractivity contribution in [3.63, 3.8) is 0 Å². The van der Waals surface area contributed by atoms with Crippen LogP contribution in [-0.4, -0.2) is 41.2 Å². The average Bonchev–Trinajstić information content (AvgIpc) is 2.87. The molecule has 1 aliphatic heterocycles. The topological polar surface area (TPSA) is 62.7 Å². The van der Waals surface area contributed by atoms with E-state index in [9.17, 15) is 14.0 Å². The van der Waals surface area contributed by atoms with Crippen molar-refractivity contribution in [1.82, 2.24) is 9.88 Å². The van der Waals surface area contributed by atoms with E-state index < -0.39 is 25.8 Å². The van der Waals surface area contributed by atoms with Gasteiger partial charge in [0.15, 0.2) is 8.32 Å². The minimum Gasteiger partial charge on any atom is -0.444 e. The zero-order valence-corrected chi connectivity index (χ0v) is 18.5. The maximum atomic E-state index is 13.7. The molecule has 1 aromatic heterocycles. The van der Waals surface area contributed by atoms with E-state index in [-0.39, 0.29) is 17.0 Å². The zero-order valence-electron chi connectivity index (χ0n) is 17.5. The normalized spacial score (nSPS) is 21.4. The highest BCUT2D eigenvalue weighted by Gasteiger charge is 2.44. The van der Waals surface area contributed by atoms with Crippen LogP contribution in [0.1, 0.15) is 59.1 Å². The molecule has 2 rings (SSSR count). The van der Waals surface area contributed by atoms with Crippen molar-refractivity contribution >= 4 is 14.4 Å². The summed E-state index contributed by atoms with van der Waals surface area (Å²) in [7, 11) is -2.36. The van der Waals surface area contributed by atoms with Gasteiger partial charge in [-0.2, -0.15) is 0 Å². The first-order valence-electron chi connectivity index (χ1n) is 9.52. The molecule has 1 amide bonds. The summed E-state index contributed by atoms with van der Waals surface area (Å²) in [5.74, 6) is -0.205. The Morgan fingerprint density at radius 1 is 1.33 bits per heavy atom. The third kappa shape index (κ3) is 5.51. The van der Waals surface area contributed by atoms with Crippen molar-refractivity contribution in [3.05, 3.63) is 29.8 Å². The molecule has 2 atom stereocenters. The molecule has 0 saturated carbocycles. The van der Waals surface area contributed by atoms with Gasteiger partial charge in [-0.3, -0.25) is 4.98 Å². The second-order valence-corrected chi connectivity index (χ2v) is 14.3. The van der Waals surface area contributed by atoms with Gasteiger partial charge < -0.3 is 14.4 Å². The van der Waals surface area contributed by atoms with Gasteiger partial charge in [-0.15, -0.1) is 0 Å². The van der Waals surface area contributed by atoms with Crippen LogP contribution >= 0.6 is 0 Å². The smallest absolute Gasteiger partial charge is 0.410 e. The molecule has 1 aliphatic rings. The number of likely N-dealkylation sites (tertiary alicyclic amines) is 1. The molecule has 0 aliphatic carbocycles.